The summed E-state index contributed by atoms with van der Waals surface area (Å²) < 4.78 is 34.2. The molecule has 6 rings (SSSR count). The fourth-order valence-electron chi connectivity index (χ4n) is 4.92. The minimum atomic E-state index is -0.365. The number of pyridine rings is 1. The summed E-state index contributed by atoms with van der Waals surface area (Å²) in [6, 6.07) is 11.5. The molecule has 0 N–H and O–H groups in total. The molecule has 0 amide bonds. The zero-order valence-electron chi connectivity index (χ0n) is 19.3. The third-order valence-corrected chi connectivity index (χ3v) is 6.57. The van der Waals surface area contributed by atoms with Crippen LogP contribution in [0, 0.1) is 0 Å². The van der Waals surface area contributed by atoms with Crippen molar-refractivity contribution in [3.8, 4) is 28.7 Å². The Morgan fingerprint density at radius 1 is 0.971 bits per heavy atom. The highest BCUT2D eigenvalue weighted by Gasteiger charge is 2.40. The number of nitrogens with zero attached hydrogens (tertiary/aromatic N) is 1. The number of fused-ring (bicyclic) bond motifs is 2. The molecule has 0 spiro atoms. The van der Waals surface area contributed by atoms with Crippen molar-refractivity contribution in [2.45, 2.75) is 18.9 Å². The van der Waals surface area contributed by atoms with Crippen molar-refractivity contribution in [2.75, 3.05) is 27.6 Å². The first-order valence-electron chi connectivity index (χ1n) is 11.3. The molecule has 1 aliphatic carbocycles. The number of esters is 1. The van der Waals surface area contributed by atoms with Gasteiger partial charge in [-0.2, -0.15) is 0 Å². The van der Waals surface area contributed by atoms with Gasteiger partial charge in [-0.15, -0.1) is 0 Å². The number of carbonyl (C=O) groups excluding carboxylic acids is 1. The highest BCUT2D eigenvalue weighted by molar-refractivity contribution is 5.95. The van der Waals surface area contributed by atoms with E-state index in [4.69, 9.17) is 28.4 Å². The summed E-state index contributed by atoms with van der Waals surface area (Å²) in [5, 5.41) is 0. The lowest BCUT2D eigenvalue weighted by atomic mass is 9.75. The normalized spacial score (nSPS) is 17.5. The summed E-state index contributed by atoms with van der Waals surface area (Å²) in [7, 11) is 3.17. The molecule has 178 valence electrons. The van der Waals surface area contributed by atoms with Crippen LogP contribution in [0.2, 0.25) is 0 Å². The topological polar surface area (TPSA) is 85.3 Å². The monoisotopic (exact) mass is 473 g/mol. The van der Waals surface area contributed by atoms with Crippen molar-refractivity contribution in [3.63, 3.8) is 0 Å². The Morgan fingerprint density at radius 3 is 2.40 bits per heavy atom. The van der Waals surface area contributed by atoms with E-state index in [-0.39, 0.29) is 18.7 Å². The quantitative estimate of drug-likeness (QED) is 0.498. The van der Waals surface area contributed by atoms with E-state index < -0.39 is 0 Å². The fourth-order valence-corrected chi connectivity index (χ4v) is 4.92. The Morgan fingerprint density at radius 2 is 1.69 bits per heavy atom. The highest BCUT2D eigenvalue weighted by atomic mass is 16.7. The van der Waals surface area contributed by atoms with E-state index in [1.165, 1.54) is 0 Å². The van der Waals surface area contributed by atoms with Crippen LogP contribution in [0.4, 0.5) is 0 Å². The molecule has 1 aromatic heterocycles. The molecule has 0 bridgehead atoms. The predicted molar refractivity (Wildman–Crippen MR) is 124 cm³/mol. The molecule has 0 radical (unpaired) electrons. The smallest absolute Gasteiger partial charge is 0.335 e. The largest absolute Gasteiger partial charge is 0.493 e. The second-order valence-corrected chi connectivity index (χ2v) is 8.51. The number of aromatic nitrogens is 1. The molecule has 8 heteroatoms. The molecule has 2 aliphatic heterocycles. The van der Waals surface area contributed by atoms with Gasteiger partial charge in [0.05, 0.1) is 19.8 Å². The Kier molecular flexibility index (Phi) is 5.21. The van der Waals surface area contributed by atoms with Gasteiger partial charge in [-0.1, -0.05) is 0 Å². The van der Waals surface area contributed by atoms with E-state index in [1.54, 1.807) is 26.6 Å². The SMILES string of the molecule is COc1cc([C@@H]2C3=C(COC3=O)Cc3cc4c(cc32)OCO4)cc(OC)c1OCc1ccncc1. The number of ether oxygens (including phenoxy) is 6. The molecule has 0 saturated heterocycles. The van der Waals surface area contributed by atoms with Crippen molar-refractivity contribution in [2.24, 2.45) is 0 Å². The number of benzene rings is 2. The maximum absolute atomic E-state index is 12.8. The van der Waals surface area contributed by atoms with Crippen LogP contribution in [-0.2, 0) is 22.6 Å². The number of hydrogen-bond donors (Lipinski definition) is 0. The van der Waals surface area contributed by atoms with Crippen molar-refractivity contribution in [1.82, 2.24) is 4.98 Å². The van der Waals surface area contributed by atoms with Crippen molar-refractivity contribution < 1.29 is 33.2 Å². The maximum Gasteiger partial charge on any atom is 0.335 e. The predicted octanol–water partition coefficient (Wildman–Crippen LogP) is 3.95. The van der Waals surface area contributed by atoms with Gasteiger partial charge < -0.3 is 28.4 Å². The summed E-state index contributed by atoms with van der Waals surface area (Å²) in [4.78, 5) is 16.9. The van der Waals surface area contributed by atoms with Gasteiger partial charge in [-0.3, -0.25) is 4.98 Å². The first-order valence-corrected chi connectivity index (χ1v) is 11.3. The van der Waals surface area contributed by atoms with E-state index >= 15 is 0 Å². The summed E-state index contributed by atoms with van der Waals surface area (Å²) >= 11 is 0. The van der Waals surface area contributed by atoms with Crippen LogP contribution in [0.25, 0.3) is 0 Å². The number of rotatable bonds is 6. The molecule has 8 nitrogen and oxygen atoms in total. The van der Waals surface area contributed by atoms with Gasteiger partial charge in [0, 0.05) is 18.3 Å². The Hall–Kier alpha value is -4.20. The van der Waals surface area contributed by atoms with E-state index in [0.717, 1.165) is 27.8 Å². The number of methoxy groups -OCH3 is 2. The van der Waals surface area contributed by atoms with Crippen LogP contribution in [0.3, 0.4) is 0 Å². The van der Waals surface area contributed by atoms with E-state index in [9.17, 15) is 4.79 Å². The molecule has 0 saturated carbocycles. The third-order valence-electron chi connectivity index (χ3n) is 6.57. The lowest BCUT2D eigenvalue weighted by Gasteiger charge is -2.27. The van der Waals surface area contributed by atoms with Crippen LogP contribution in [0.15, 0.2) is 59.9 Å². The molecule has 3 heterocycles. The van der Waals surface area contributed by atoms with Crippen LogP contribution in [-0.4, -0.2) is 38.6 Å². The fraction of sp³-hybridized carbons (Fsp3) is 0.259. The van der Waals surface area contributed by atoms with Gasteiger partial charge in [-0.25, -0.2) is 4.79 Å². The lowest BCUT2D eigenvalue weighted by Crippen LogP contribution is -2.18. The van der Waals surface area contributed by atoms with Crippen LogP contribution in [0.5, 0.6) is 28.7 Å². The van der Waals surface area contributed by atoms with Crippen LogP contribution >= 0.6 is 0 Å². The summed E-state index contributed by atoms with van der Waals surface area (Å²) in [5.41, 5.74) is 5.48. The van der Waals surface area contributed by atoms with Gasteiger partial charge in [0.25, 0.3) is 0 Å². The molecule has 2 aromatic carbocycles. The molecule has 3 aliphatic rings. The van der Waals surface area contributed by atoms with Gasteiger partial charge in [0.15, 0.2) is 23.0 Å². The average molecular weight is 473 g/mol. The molecule has 0 fully saturated rings. The number of carbonyl (C=O) groups is 1. The molecule has 35 heavy (non-hydrogen) atoms. The number of hydrogen-bond acceptors (Lipinski definition) is 8. The first-order chi connectivity index (χ1) is 17.2. The Balaban J connectivity index is 1.45. The molecular formula is C27H23NO7. The maximum atomic E-state index is 12.8. The average Bonchev–Trinajstić information content (AvgIpc) is 3.50. The number of cyclic esters (lactones) is 1. The van der Waals surface area contributed by atoms with E-state index in [1.807, 2.05) is 36.4 Å². The standard InChI is InChI=1S/C27H23NO7/c1-30-22-9-17(10-23(31-2)26(22)32-12-15-3-5-28-6-4-15)24-19-11-21-20(34-14-35-21)8-16(19)7-18-13-33-27(29)25(18)24/h3-6,8-11,24H,7,12-14H2,1-2H3/t24-/m0/s1. The summed E-state index contributed by atoms with van der Waals surface area (Å²) in [6.45, 7) is 0.801. The van der Waals surface area contributed by atoms with E-state index in [0.29, 0.717) is 54.0 Å². The minimum Gasteiger partial charge on any atom is -0.493 e. The summed E-state index contributed by atoms with van der Waals surface area (Å²) in [6.07, 6.45) is 4.06. The molecule has 0 unspecified atom stereocenters. The Labute approximate surface area is 202 Å². The van der Waals surface area contributed by atoms with E-state index in [2.05, 4.69) is 4.98 Å². The highest BCUT2D eigenvalue weighted by Crippen LogP contribution is 2.50. The van der Waals surface area contributed by atoms with Crippen molar-refractivity contribution >= 4 is 5.97 Å². The molecule has 1 atom stereocenters. The Bertz CT molecular complexity index is 1320. The zero-order valence-corrected chi connectivity index (χ0v) is 19.3. The third kappa shape index (κ3) is 3.62. The van der Waals surface area contributed by atoms with Crippen LogP contribution in [0.1, 0.15) is 28.2 Å². The van der Waals surface area contributed by atoms with Gasteiger partial charge in [-0.05, 0) is 70.6 Å². The zero-order chi connectivity index (χ0) is 23.9. The minimum absolute atomic E-state index is 0.184. The molecular weight excluding hydrogens is 450 g/mol. The lowest BCUT2D eigenvalue weighted by molar-refractivity contribution is -0.136. The first kappa shape index (κ1) is 21.3. The van der Waals surface area contributed by atoms with Crippen molar-refractivity contribution in [3.05, 3.63) is 82.2 Å². The molecule has 3 aromatic rings. The van der Waals surface area contributed by atoms with Crippen molar-refractivity contribution in [1.29, 1.82) is 0 Å². The van der Waals surface area contributed by atoms with Gasteiger partial charge in [0.1, 0.15) is 13.2 Å². The summed E-state index contributed by atoms with van der Waals surface area (Å²) in [5.74, 6) is 2.22. The second kappa shape index (κ2) is 8.54. The van der Waals surface area contributed by atoms with Gasteiger partial charge >= 0.3 is 5.97 Å². The van der Waals surface area contributed by atoms with Gasteiger partial charge in [0.2, 0.25) is 12.5 Å². The van der Waals surface area contributed by atoms with Crippen LogP contribution < -0.4 is 23.7 Å². The second-order valence-electron chi connectivity index (χ2n) is 8.51.